The van der Waals surface area contributed by atoms with Gasteiger partial charge < -0.3 is 10.6 Å². The second-order valence-corrected chi connectivity index (χ2v) is 4.90. The van der Waals surface area contributed by atoms with Crippen molar-refractivity contribution in [3.8, 4) is 0 Å². The second-order valence-electron chi connectivity index (χ2n) is 4.53. The van der Waals surface area contributed by atoms with Crippen molar-refractivity contribution in [1.29, 1.82) is 0 Å². The van der Waals surface area contributed by atoms with Gasteiger partial charge in [-0.05, 0) is 34.0 Å². The van der Waals surface area contributed by atoms with E-state index in [-0.39, 0.29) is 6.04 Å². The smallest absolute Gasteiger partial charge is 0.0847 e. The van der Waals surface area contributed by atoms with Gasteiger partial charge in [-0.1, -0.05) is 11.6 Å². The molecule has 92 valence electrons. The molecule has 0 amide bonds. The maximum absolute atomic E-state index is 6.17. The molecule has 0 saturated heterocycles. The quantitative estimate of drug-likeness (QED) is 0.847. The number of halogens is 1. The molecule has 0 bridgehead atoms. The van der Waals surface area contributed by atoms with Crippen LogP contribution in [-0.2, 0) is 13.5 Å². The van der Waals surface area contributed by atoms with E-state index in [1.165, 1.54) is 0 Å². The Labute approximate surface area is 102 Å². The van der Waals surface area contributed by atoms with Crippen molar-refractivity contribution < 1.29 is 0 Å². The molecule has 1 heterocycles. The minimum Gasteiger partial charge on any atom is -0.327 e. The zero-order chi connectivity index (χ0) is 12.3. The van der Waals surface area contributed by atoms with E-state index in [0.717, 1.165) is 35.8 Å². The van der Waals surface area contributed by atoms with E-state index >= 15 is 0 Å². The summed E-state index contributed by atoms with van der Waals surface area (Å²) in [6, 6.07) is 0.134. The molecule has 1 rings (SSSR count). The van der Waals surface area contributed by atoms with Crippen LogP contribution >= 0.6 is 11.6 Å². The monoisotopic (exact) mass is 244 g/mol. The summed E-state index contributed by atoms with van der Waals surface area (Å²) in [5.41, 5.74) is 7.98. The van der Waals surface area contributed by atoms with Crippen LogP contribution in [0.25, 0.3) is 0 Å². The van der Waals surface area contributed by atoms with Gasteiger partial charge in [0.05, 0.1) is 16.4 Å². The Balaban J connectivity index is 2.59. The number of aryl methyl sites for hydroxylation is 2. The zero-order valence-electron chi connectivity index (χ0n) is 10.5. The number of hydrogen-bond donors (Lipinski definition) is 1. The fourth-order valence-electron chi connectivity index (χ4n) is 1.68. The molecule has 0 aliphatic rings. The zero-order valence-corrected chi connectivity index (χ0v) is 11.3. The van der Waals surface area contributed by atoms with Gasteiger partial charge in [0.25, 0.3) is 0 Å². The molecule has 1 atom stereocenters. The summed E-state index contributed by atoms with van der Waals surface area (Å²) < 4.78 is 1.83. The van der Waals surface area contributed by atoms with Gasteiger partial charge >= 0.3 is 0 Å². The average Bonchev–Trinajstić information content (AvgIpc) is 2.42. The first kappa shape index (κ1) is 13.5. The normalized spacial score (nSPS) is 13.4. The maximum atomic E-state index is 6.17. The van der Waals surface area contributed by atoms with Crippen LogP contribution in [-0.4, -0.2) is 41.4 Å². The molecule has 0 fully saturated rings. The molecular weight excluding hydrogens is 224 g/mol. The van der Waals surface area contributed by atoms with Gasteiger partial charge in [-0.15, -0.1) is 0 Å². The molecular formula is C11H21ClN4. The molecule has 0 aliphatic heterocycles. The predicted octanol–water partition coefficient (Wildman–Crippen LogP) is 1.20. The van der Waals surface area contributed by atoms with Crippen molar-refractivity contribution in [1.82, 2.24) is 14.7 Å². The van der Waals surface area contributed by atoms with Gasteiger partial charge in [0.1, 0.15) is 0 Å². The van der Waals surface area contributed by atoms with Crippen molar-refractivity contribution in [3.63, 3.8) is 0 Å². The molecule has 0 aromatic carbocycles. The largest absolute Gasteiger partial charge is 0.327 e. The highest BCUT2D eigenvalue weighted by Gasteiger charge is 2.14. The van der Waals surface area contributed by atoms with Gasteiger partial charge in [0.15, 0.2) is 0 Å². The Morgan fingerprint density at radius 2 is 2.12 bits per heavy atom. The minimum atomic E-state index is 0.134. The highest BCUT2D eigenvalue weighted by atomic mass is 35.5. The summed E-state index contributed by atoms with van der Waals surface area (Å²) in [6.07, 6.45) is 1.75. The number of nitrogens with two attached hydrogens (primary N) is 1. The lowest BCUT2D eigenvalue weighted by Crippen LogP contribution is -2.29. The molecule has 0 radical (unpaired) electrons. The van der Waals surface area contributed by atoms with Gasteiger partial charge in [0, 0.05) is 19.5 Å². The van der Waals surface area contributed by atoms with Gasteiger partial charge in [-0.25, -0.2) is 0 Å². The third-order valence-corrected chi connectivity index (χ3v) is 3.16. The standard InChI is InChI=1S/C11H21ClN4/c1-8-11(12)10(16(4)14-8)7-9(13)5-6-15(2)3/h9H,5-7,13H2,1-4H3. The summed E-state index contributed by atoms with van der Waals surface area (Å²) in [6.45, 7) is 2.91. The highest BCUT2D eigenvalue weighted by Crippen LogP contribution is 2.20. The van der Waals surface area contributed by atoms with Crippen LogP contribution < -0.4 is 5.73 Å². The molecule has 1 aromatic rings. The Kier molecular flexibility index (Phi) is 4.77. The lowest BCUT2D eigenvalue weighted by molar-refractivity contribution is 0.378. The maximum Gasteiger partial charge on any atom is 0.0847 e. The summed E-state index contributed by atoms with van der Waals surface area (Å²) in [7, 11) is 6.01. The number of nitrogens with zero attached hydrogens (tertiary/aromatic N) is 3. The molecule has 2 N–H and O–H groups in total. The molecule has 5 heteroatoms. The summed E-state index contributed by atoms with van der Waals surface area (Å²) in [5, 5.41) is 5.03. The molecule has 0 saturated carbocycles. The van der Waals surface area contributed by atoms with Gasteiger partial charge in [0.2, 0.25) is 0 Å². The van der Waals surface area contributed by atoms with Crippen LogP contribution in [0.1, 0.15) is 17.8 Å². The van der Waals surface area contributed by atoms with Gasteiger partial charge in [-0.2, -0.15) is 5.10 Å². The van der Waals surface area contributed by atoms with Crippen molar-refractivity contribution in [3.05, 3.63) is 16.4 Å². The lowest BCUT2D eigenvalue weighted by atomic mass is 10.1. The Morgan fingerprint density at radius 1 is 1.50 bits per heavy atom. The number of hydrogen-bond acceptors (Lipinski definition) is 3. The fraction of sp³-hybridized carbons (Fsp3) is 0.727. The van der Waals surface area contributed by atoms with E-state index in [1.54, 1.807) is 0 Å². The van der Waals surface area contributed by atoms with Crippen LogP contribution in [0.15, 0.2) is 0 Å². The average molecular weight is 245 g/mol. The Bertz CT molecular complexity index is 346. The predicted molar refractivity (Wildman–Crippen MR) is 67.8 cm³/mol. The van der Waals surface area contributed by atoms with Crippen LogP contribution in [0.3, 0.4) is 0 Å². The van der Waals surface area contributed by atoms with Gasteiger partial charge in [-0.3, -0.25) is 4.68 Å². The van der Waals surface area contributed by atoms with Crippen molar-refractivity contribution in [2.24, 2.45) is 12.8 Å². The molecule has 0 spiro atoms. The second kappa shape index (κ2) is 5.66. The van der Waals surface area contributed by atoms with Crippen LogP contribution in [0.4, 0.5) is 0 Å². The van der Waals surface area contributed by atoms with Crippen LogP contribution in [0, 0.1) is 6.92 Å². The summed E-state index contributed by atoms with van der Waals surface area (Å²) >= 11 is 6.17. The third kappa shape index (κ3) is 3.47. The molecule has 0 aliphatic carbocycles. The summed E-state index contributed by atoms with van der Waals surface area (Å²) in [4.78, 5) is 2.13. The first-order valence-corrected chi connectivity index (χ1v) is 5.88. The van der Waals surface area contributed by atoms with E-state index in [9.17, 15) is 0 Å². The molecule has 1 aromatic heterocycles. The fourth-order valence-corrected chi connectivity index (χ4v) is 1.91. The minimum absolute atomic E-state index is 0.134. The molecule has 4 nitrogen and oxygen atoms in total. The SMILES string of the molecule is Cc1nn(C)c(CC(N)CCN(C)C)c1Cl. The lowest BCUT2D eigenvalue weighted by Gasteiger charge is -2.15. The summed E-state index contributed by atoms with van der Waals surface area (Å²) in [5.74, 6) is 0. The van der Waals surface area contributed by atoms with Crippen molar-refractivity contribution >= 4 is 11.6 Å². The Morgan fingerprint density at radius 3 is 2.56 bits per heavy atom. The first-order valence-electron chi connectivity index (χ1n) is 5.50. The first-order chi connectivity index (χ1) is 7.41. The van der Waals surface area contributed by atoms with Crippen LogP contribution in [0.5, 0.6) is 0 Å². The van der Waals surface area contributed by atoms with E-state index in [2.05, 4.69) is 10.00 Å². The highest BCUT2D eigenvalue weighted by molar-refractivity contribution is 6.31. The van der Waals surface area contributed by atoms with E-state index in [1.807, 2.05) is 32.7 Å². The van der Waals surface area contributed by atoms with Crippen molar-refractivity contribution in [2.45, 2.75) is 25.8 Å². The van der Waals surface area contributed by atoms with E-state index in [0.29, 0.717) is 0 Å². The number of rotatable bonds is 5. The Hall–Kier alpha value is -0.580. The van der Waals surface area contributed by atoms with E-state index < -0.39 is 0 Å². The topological polar surface area (TPSA) is 47.1 Å². The molecule has 16 heavy (non-hydrogen) atoms. The van der Waals surface area contributed by atoms with Crippen LogP contribution in [0.2, 0.25) is 5.02 Å². The molecule has 1 unspecified atom stereocenters. The number of aromatic nitrogens is 2. The third-order valence-electron chi connectivity index (χ3n) is 2.66. The van der Waals surface area contributed by atoms with Crippen molar-refractivity contribution in [2.75, 3.05) is 20.6 Å². The van der Waals surface area contributed by atoms with E-state index in [4.69, 9.17) is 17.3 Å².